The van der Waals surface area contributed by atoms with Gasteiger partial charge in [0.2, 0.25) is 6.20 Å². The molecule has 1 aromatic rings. The molecule has 0 spiro atoms. The van der Waals surface area contributed by atoms with Crippen LogP contribution in [0, 0.1) is 5.21 Å². The Hall–Kier alpha value is -2.11. The SMILES string of the molecule is O=C(O)C(=CO)Cc1c[n+]([O-])ccn1. The minimum atomic E-state index is -1.24. The van der Waals surface area contributed by atoms with Crippen molar-refractivity contribution in [2.24, 2.45) is 0 Å². The van der Waals surface area contributed by atoms with Gasteiger partial charge in [0, 0.05) is 6.42 Å². The molecule has 0 saturated carbocycles. The maximum Gasteiger partial charge on any atom is 0.335 e. The number of carboxylic acids is 1. The topological polar surface area (TPSA) is 97.4 Å². The summed E-state index contributed by atoms with van der Waals surface area (Å²) < 4.78 is 0.513. The number of carbonyl (C=O) groups is 1. The van der Waals surface area contributed by atoms with Crippen LogP contribution < -0.4 is 4.73 Å². The predicted molar refractivity (Wildman–Crippen MR) is 45.2 cm³/mol. The van der Waals surface area contributed by atoms with E-state index in [2.05, 4.69) is 4.98 Å². The molecule has 6 heteroatoms. The lowest BCUT2D eigenvalue weighted by molar-refractivity contribution is -0.606. The molecule has 1 aromatic heterocycles. The summed E-state index contributed by atoms with van der Waals surface area (Å²) in [5, 5.41) is 27.9. The monoisotopic (exact) mass is 196 g/mol. The highest BCUT2D eigenvalue weighted by molar-refractivity contribution is 5.86. The van der Waals surface area contributed by atoms with Crippen LogP contribution in [0.2, 0.25) is 0 Å². The first-order valence-electron chi connectivity index (χ1n) is 3.73. The molecule has 0 fully saturated rings. The van der Waals surface area contributed by atoms with Crippen molar-refractivity contribution in [2.75, 3.05) is 0 Å². The van der Waals surface area contributed by atoms with Crippen LogP contribution >= 0.6 is 0 Å². The first-order valence-corrected chi connectivity index (χ1v) is 3.73. The average Bonchev–Trinajstić information content (AvgIpc) is 2.14. The molecular weight excluding hydrogens is 188 g/mol. The lowest BCUT2D eigenvalue weighted by atomic mass is 10.2. The van der Waals surface area contributed by atoms with Crippen LogP contribution in [0.25, 0.3) is 0 Å². The quantitative estimate of drug-likeness (QED) is 0.301. The van der Waals surface area contributed by atoms with Crippen molar-refractivity contribution in [1.29, 1.82) is 0 Å². The largest absolute Gasteiger partial charge is 0.619 e. The van der Waals surface area contributed by atoms with Gasteiger partial charge in [-0.3, -0.25) is 0 Å². The molecule has 1 heterocycles. The summed E-state index contributed by atoms with van der Waals surface area (Å²) in [5.74, 6) is -1.24. The smallest absolute Gasteiger partial charge is 0.335 e. The minimum Gasteiger partial charge on any atom is -0.619 e. The lowest BCUT2D eigenvalue weighted by Crippen LogP contribution is -2.26. The molecule has 74 valence electrons. The van der Waals surface area contributed by atoms with E-state index in [4.69, 9.17) is 10.2 Å². The fraction of sp³-hybridized carbons (Fsp3) is 0.125. The fourth-order valence-electron chi connectivity index (χ4n) is 0.881. The molecule has 0 radical (unpaired) electrons. The summed E-state index contributed by atoms with van der Waals surface area (Å²) in [4.78, 5) is 14.3. The minimum absolute atomic E-state index is 0.0884. The van der Waals surface area contributed by atoms with Crippen LogP contribution in [0.1, 0.15) is 5.69 Å². The van der Waals surface area contributed by atoms with E-state index in [1.807, 2.05) is 0 Å². The normalized spacial score (nSPS) is 11.3. The van der Waals surface area contributed by atoms with E-state index in [-0.39, 0.29) is 17.7 Å². The van der Waals surface area contributed by atoms with Crippen molar-refractivity contribution in [3.63, 3.8) is 0 Å². The highest BCUT2D eigenvalue weighted by Gasteiger charge is 2.10. The number of hydrogen-bond donors (Lipinski definition) is 2. The number of nitrogens with zero attached hydrogens (tertiary/aromatic N) is 2. The van der Waals surface area contributed by atoms with Gasteiger partial charge < -0.3 is 15.4 Å². The summed E-state index contributed by atoms with van der Waals surface area (Å²) in [7, 11) is 0. The summed E-state index contributed by atoms with van der Waals surface area (Å²) in [6, 6.07) is 0. The molecule has 0 aromatic carbocycles. The van der Waals surface area contributed by atoms with Gasteiger partial charge in [0.15, 0.2) is 6.20 Å². The van der Waals surface area contributed by atoms with E-state index in [0.29, 0.717) is 11.0 Å². The maximum atomic E-state index is 10.8. The molecule has 6 nitrogen and oxygen atoms in total. The van der Waals surface area contributed by atoms with E-state index >= 15 is 0 Å². The third-order valence-electron chi connectivity index (χ3n) is 1.53. The Balaban J connectivity index is 2.83. The van der Waals surface area contributed by atoms with Crippen LogP contribution in [-0.2, 0) is 11.2 Å². The number of hydrogen-bond acceptors (Lipinski definition) is 4. The van der Waals surface area contributed by atoms with Gasteiger partial charge in [-0.1, -0.05) is 0 Å². The van der Waals surface area contributed by atoms with E-state index < -0.39 is 5.97 Å². The Bertz CT molecular complexity index is 375. The fourth-order valence-corrected chi connectivity index (χ4v) is 0.881. The zero-order chi connectivity index (χ0) is 10.6. The van der Waals surface area contributed by atoms with Crippen molar-refractivity contribution in [3.05, 3.63) is 41.3 Å². The Morgan fingerprint density at radius 2 is 2.43 bits per heavy atom. The molecule has 0 atom stereocenters. The van der Waals surface area contributed by atoms with Gasteiger partial charge in [-0.15, -0.1) is 0 Å². The Morgan fingerprint density at radius 1 is 1.71 bits per heavy atom. The number of rotatable bonds is 3. The molecule has 1 rings (SSSR count). The first kappa shape index (κ1) is 9.97. The summed E-state index contributed by atoms with van der Waals surface area (Å²) in [6.45, 7) is 0. The molecule has 0 unspecified atom stereocenters. The zero-order valence-electron chi connectivity index (χ0n) is 7.12. The maximum absolute atomic E-state index is 10.8. The molecule has 0 aliphatic rings. The van der Waals surface area contributed by atoms with E-state index in [0.717, 1.165) is 6.20 Å². The number of carboxylic acid groups (broad SMARTS) is 1. The van der Waals surface area contributed by atoms with Crippen molar-refractivity contribution >= 4 is 5.97 Å². The molecule has 0 bridgehead atoms. The predicted octanol–water partition coefficient (Wildman–Crippen LogP) is -0.216. The van der Waals surface area contributed by atoms with Gasteiger partial charge in [-0.25, -0.2) is 9.78 Å². The highest BCUT2D eigenvalue weighted by atomic mass is 16.5. The van der Waals surface area contributed by atoms with Crippen LogP contribution in [0.5, 0.6) is 0 Å². The molecule has 14 heavy (non-hydrogen) atoms. The average molecular weight is 196 g/mol. The highest BCUT2D eigenvalue weighted by Crippen LogP contribution is 2.02. The summed E-state index contributed by atoms with van der Waals surface area (Å²) in [6.07, 6.45) is 4.00. The van der Waals surface area contributed by atoms with Gasteiger partial charge >= 0.3 is 5.97 Å². The van der Waals surface area contributed by atoms with Gasteiger partial charge in [-0.2, -0.15) is 4.73 Å². The number of aliphatic hydroxyl groups excluding tert-OH is 1. The number of aliphatic hydroxyl groups is 1. The summed E-state index contributed by atoms with van der Waals surface area (Å²) in [5.41, 5.74) is 0.0638. The lowest BCUT2D eigenvalue weighted by Gasteiger charge is -2.00. The van der Waals surface area contributed by atoms with Crippen molar-refractivity contribution in [2.45, 2.75) is 6.42 Å². The van der Waals surface area contributed by atoms with E-state index in [1.165, 1.54) is 12.4 Å². The van der Waals surface area contributed by atoms with Crippen LogP contribution in [-0.4, -0.2) is 21.2 Å². The molecule has 0 aliphatic carbocycles. The van der Waals surface area contributed by atoms with Gasteiger partial charge in [-0.05, 0) is 0 Å². The van der Waals surface area contributed by atoms with E-state index in [1.54, 1.807) is 0 Å². The first-order chi connectivity index (χ1) is 6.63. The second-order valence-corrected chi connectivity index (χ2v) is 2.54. The van der Waals surface area contributed by atoms with Crippen LogP contribution in [0.15, 0.2) is 30.4 Å². The second kappa shape index (κ2) is 4.22. The molecule has 0 aliphatic heterocycles. The van der Waals surface area contributed by atoms with Crippen molar-refractivity contribution < 1.29 is 19.7 Å². The third kappa shape index (κ3) is 2.44. The van der Waals surface area contributed by atoms with Gasteiger partial charge in [0.05, 0.1) is 18.0 Å². The number of aromatic nitrogens is 2. The van der Waals surface area contributed by atoms with Crippen molar-refractivity contribution in [3.8, 4) is 0 Å². The van der Waals surface area contributed by atoms with Crippen LogP contribution in [0.3, 0.4) is 0 Å². The molecule has 0 amide bonds. The van der Waals surface area contributed by atoms with Gasteiger partial charge in [0.25, 0.3) is 0 Å². The third-order valence-corrected chi connectivity index (χ3v) is 1.53. The molecule has 2 N–H and O–H groups in total. The van der Waals surface area contributed by atoms with Gasteiger partial charge in [0.1, 0.15) is 5.69 Å². The zero-order valence-corrected chi connectivity index (χ0v) is 7.12. The van der Waals surface area contributed by atoms with Crippen molar-refractivity contribution in [1.82, 2.24) is 4.98 Å². The van der Waals surface area contributed by atoms with E-state index in [9.17, 15) is 10.0 Å². The number of aliphatic carboxylic acids is 1. The Morgan fingerprint density at radius 3 is 2.93 bits per heavy atom. The van der Waals surface area contributed by atoms with Crippen LogP contribution in [0.4, 0.5) is 0 Å². The second-order valence-electron chi connectivity index (χ2n) is 2.54. The summed E-state index contributed by atoms with van der Waals surface area (Å²) >= 11 is 0. The Labute approximate surface area is 79.3 Å². The standard InChI is InChI=1S/C8H8N2O4/c11-5-6(8(12)13)3-7-4-10(14)2-1-9-7/h1-2,4-5,11H,3H2,(H,12,13). The molecule has 0 saturated heterocycles. The molecular formula is C8H8N2O4. The Kier molecular flexibility index (Phi) is 3.01.